The third-order valence-corrected chi connectivity index (χ3v) is 3.06. The van der Waals surface area contributed by atoms with Gasteiger partial charge >= 0.3 is 0 Å². The highest BCUT2D eigenvalue weighted by molar-refractivity contribution is 6.31. The molecule has 0 atom stereocenters. The summed E-state index contributed by atoms with van der Waals surface area (Å²) in [5.41, 5.74) is 8.64. The van der Waals surface area contributed by atoms with E-state index in [0.717, 1.165) is 16.7 Å². The van der Waals surface area contributed by atoms with Gasteiger partial charge in [0.25, 0.3) is 0 Å². The fraction of sp³-hybridized carbons (Fsp3) is 0.167. The van der Waals surface area contributed by atoms with Crippen LogP contribution in [0.25, 0.3) is 11.0 Å². The summed E-state index contributed by atoms with van der Waals surface area (Å²) in [4.78, 5) is 4.30. The molecule has 3 aromatic rings. The maximum absolute atomic E-state index is 5.94. The molecule has 2 heterocycles. The number of rotatable bonds is 2. The molecule has 6 heteroatoms. The molecule has 0 aliphatic rings. The van der Waals surface area contributed by atoms with Gasteiger partial charge in [-0.15, -0.1) is 0 Å². The molecule has 2 N–H and O–H groups in total. The average Bonchev–Trinajstić information content (AvgIpc) is 2.84. The van der Waals surface area contributed by atoms with Crippen LogP contribution >= 0.6 is 11.6 Å². The highest BCUT2D eigenvalue weighted by atomic mass is 35.5. The summed E-state index contributed by atoms with van der Waals surface area (Å²) < 4.78 is 3.69. The molecule has 0 amide bonds. The van der Waals surface area contributed by atoms with E-state index < -0.39 is 0 Å². The molecule has 18 heavy (non-hydrogen) atoms. The van der Waals surface area contributed by atoms with Gasteiger partial charge in [0.15, 0.2) is 0 Å². The Hall–Kier alpha value is -2.01. The predicted molar refractivity (Wildman–Crippen MR) is 71.5 cm³/mol. The maximum Gasteiger partial charge on any atom is 0.201 e. The van der Waals surface area contributed by atoms with Crippen LogP contribution in [0.1, 0.15) is 5.69 Å². The van der Waals surface area contributed by atoms with Gasteiger partial charge in [0, 0.05) is 18.3 Å². The summed E-state index contributed by atoms with van der Waals surface area (Å²) in [5, 5.41) is 4.99. The quantitative estimate of drug-likeness (QED) is 0.768. The monoisotopic (exact) mass is 261 g/mol. The van der Waals surface area contributed by atoms with Crippen molar-refractivity contribution in [3.05, 3.63) is 41.2 Å². The SMILES string of the molecule is Cn1ccc(Cn2c(N)nc3cc(Cl)ccc32)n1. The van der Waals surface area contributed by atoms with Crippen molar-refractivity contribution in [1.82, 2.24) is 19.3 Å². The first-order valence-electron chi connectivity index (χ1n) is 5.53. The van der Waals surface area contributed by atoms with E-state index in [9.17, 15) is 0 Å². The Morgan fingerprint density at radius 2 is 2.17 bits per heavy atom. The summed E-state index contributed by atoms with van der Waals surface area (Å²) in [6.45, 7) is 0.602. The van der Waals surface area contributed by atoms with E-state index in [1.807, 2.05) is 42.1 Å². The van der Waals surface area contributed by atoms with Crippen molar-refractivity contribution in [1.29, 1.82) is 0 Å². The standard InChI is InChI=1S/C12H12ClN5/c1-17-5-4-9(16-17)7-18-11-3-2-8(13)6-10(11)15-12(18)14/h2-6H,7H2,1H3,(H2,14,15). The molecule has 3 rings (SSSR count). The van der Waals surface area contributed by atoms with Crippen LogP contribution in [0.3, 0.4) is 0 Å². The number of nitrogen functional groups attached to an aromatic ring is 1. The van der Waals surface area contributed by atoms with E-state index in [1.54, 1.807) is 4.68 Å². The molecule has 0 spiro atoms. The molecule has 0 saturated heterocycles. The fourth-order valence-corrected chi connectivity index (χ4v) is 2.16. The molecule has 92 valence electrons. The molecule has 5 nitrogen and oxygen atoms in total. The number of benzene rings is 1. The van der Waals surface area contributed by atoms with Gasteiger partial charge in [-0.25, -0.2) is 4.98 Å². The van der Waals surface area contributed by atoms with Crippen molar-refractivity contribution in [2.45, 2.75) is 6.54 Å². The lowest BCUT2D eigenvalue weighted by molar-refractivity contribution is 0.717. The molecule has 1 aromatic carbocycles. The predicted octanol–water partition coefficient (Wildman–Crippen LogP) is 2.05. The van der Waals surface area contributed by atoms with E-state index in [2.05, 4.69) is 10.1 Å². The van der Waals surface area contributed by atoms with E-state index >= 15 is 0 Å². The highest BCUT2D eigenvalue weighted by Crippen LogP contribution is 2.22. The number of hydrogen-bond donors (Lipinski definition) is 1. The Kier molecular flexibility index (Phi) is 2.48. The first-order chi connectivity index (χ1) is 8.63. The molecule has 0 fully saturated rings. The number of nitrogens with zero attached hydrogens (tertiary/aromatic N) is 4. The van der Waals surface area contributed by atoms with Crippen molar-refractivity contribution in [2.75, 3.05) is 5.73 Å². The zero-order chi connectivity index (χ0) is 12.7. The fourth-order valence-electron chi connectivity index (χ4n) is 2.00. The first kappa shape index (κ1) is 11.1. The molecular weight excluding hydrogens is 250 g/mol. The second-order valence-electron chi connectivity index (χ2n) is 4.17. The molecule has 0 aliphatic carbocycles. The van der Waals surface area contributed by atoms with Gasteiger partial charge in [-0.2, -0.15) is 5.10 Å². The summed E-state index contributed by atoms with van der Waals surface area (Å²) in [5.74, 6) is 0.470. The topological polar surface area (TPSA) is 61.7 Å². The summed E-state index contributed by atoms with van der Waals surface area (Å²) in [7, 11) is 1.89. The van der Waals surface area contributed by atoms with Crippen molar-refractivity contribution in [3.63, 3.8) is 0 Å². The normalized spacial score (nSPS) is 11.2. The zero-order valence-electron chi connectivity index (χ0n) is 9.84. The highest BCUT2D eigenvalue weighted by Gasteiger charge is 2.09. The number of aromatic nitrogens is 4. The second kappa shape index (κ2) is 4.03. The van der Waals surface area contributed by atoms with E-state index in [-0.39, 0.29) is 0 Å². The smallest absolute Gasteiger partial charge is 0.201 e. The average molecular weight is 262 g/mol. The van der Waals surface area contributed by atoms with Gasteiger partial charge in [-0.3, -0.25) is 4.68 Å². The van der Waals surface area contributed by atoms with E-state index in [1.165, 1.54) is 0 Å². The molecule has 0 unspecified atom stereocenters. The van der Waals surface area contributed by atoms with Gasteiger partial charge in [0.1, 0.15) is 0 Å². The van der Waals surface area contributed by atoms with E-state index in [4.69, 9.17) is 17.3 Å². The lowest BCUT2D eigenvalue weighted by Crippen LogP contribution is -2.05. The lowest BCUT2D eigenvalue weighted by Gasteiger charge is -2.03. The number of hydrogen-bond acceptors (Lipinski definition) is 3. The van der Waals surface area contributed by atoms with Gasteiger partial charge < -0.3 is 10.3 Å². The minimum absolute atomic E-state index is 0.470. The molecular formula is C12H12ClN5. The second-order valence-corrected chi connectivity index (χ2v) is 4.61. The van der Waals surface area contributed by atoms with Crippen LogP contribution < -0.4 is 5.73 Å². The van der Waals surface area contributed by atoms with Gasteiger partial charge in [0.05, 0.1) is 23.3 Å². The molecule has 0 bridgehead atoms. The number of anilines is 1. The largest absolute Gasteiger partial charge is 0.369 e. The number of nitrogens with two attached hydrogens (primary N) is 1. The molecule has 0 saturated carbocycles. The van der Waals surface area contributed by atoms with E-state index in [0.29, 0.717) is 17.5 Å². The molecule has 0 aliphatic heterocycles. The number of aryl methyl sites for hydroxylation is 1. The third kappa shape index (κ3) is 1.82. The molecule has 2 aromatic heterocycles. The number of fused-ring (bicyclic) bond motifs is 1. The van der Waals surface area contributed by atoms with Gasteiger partial charge in [-0.05, 0) is 24.3 Å². The Labute approximate surface area is 109 Å². The first-order valence-corrected chi connectivity index (χ1v) is 5.91. The summed E-state index contributed by atoms with van der Waals surface area (Å²) >= 11 is 5.94. The Morgan fingerprint density at radius 1 is 1.33 bits per heavy atom. The Bertz CT molecular complexity index is 712. The van der Waals surface area contributed by atoms with Crippen LogP contribution in [0.2, 0.25) is 5.02 Å². The van der Waals surface area contributed by atoms with Crippen LogP contribution in [0.15, 0.2) is 30.5 Å². The zero-order valence-corrected chi connectivity index (χ0v) is 10.6. The molecule has 0 radical (unpaired) electrons. The van der Waals surface area contributed by atoms with Crippen LogP contribution in [0.4, 0.5) is 5.95 Å². The van der Waals surface area contributed by atoms with Crippen molar-refractivity contribution >= 4 is 28.6 Å². The third-order valence-electron chi connectivity index (χ3n) is 2.83. The lowest BCUT2D eigenvalue weighted by atomic mass is 10.3. The summed E-state index contributed by atoms with van der Waals surface area (Å²) in [6.07, 6.45) is 1.90. The maximum atomic E-state index is 5.94. The van der Waals surface area contributed by atoms with Crippen LogP contribution in [0, 0.1) is 0 Å². The van der Waals surface area contributed by atoms with Crippen molar-refractivity contribution in [2.24, 2.45) is 7.05 Å². The minimum Gasteiger partial charge on any atom is -0.369 e. The number of halogens is 1. The minimum atomic E-state index is 0.470. The van der Waals surface area contributed by atoms with Crippen LogP contribution in [0.5, 0.6) is 0 Å². The van der Waals surface area contributed by atoms with Crippen LogP contribution in [-0.2, 0) is 13.6 Å². The van der Waals surface area contributed by atoms with Gasteiger partial charge in [-0.1, -0.05) is 11.6 Å². The van der Waals surface area contributed by atoms with Crippen LogP contribution in [-0.4, -0.2) is 19.3 Å². The van der Waals surface area contributed by atoms with Gasteiger partial charge in [0.2, 0.25) is 5.95 Å². The Morgan fingerprint density at radius 3 is 2.89 bits per heavy atom. The van der Waals surface area contributed by atoms with Crippen molar-refractivity contribution < 1.29 is 0 Å². The Balaban J connectivity index is 2.08. The number of imidazole rings is 1. The van der Waals surface area contributed by atoms with Crippen molar-refractivity contribution in [3.8, 4) is 0 Å². The summed E-state index contributed by atoms with van der Waals surface area (Å²) in [6, 6.07) is 7.52.